The number of hydrogen-bond acceptors (Lipinski definition) is 3. The van der Waals surface area contributed by atoms with Gasteiger partial charge in [-0.3, -0.25) is 4.31 Å². The number of hydrogen-bond donors (Lipinski definition) is 0. The van der Waals surface area contributed by atoms with Gasteiger partial charge in [-0.1, -0.05) is 6.58 Å². The Labute approximate surface area is 115 Å². The van der Waals surface area contributed by atoms with Crippen LogP contribution in [0.15, 0.2) is 53.9 Å². The molecular formula is C15H12FNOS. The van der Waals surface area contributed by atoms with Crippen molar-refractivity contribution in [3.05, 3.63) is 60.4 Å². The first-order valence-electron chi connectivity index (χ1n) is 5.80. The molecule has 0 bridgehead atoms. The summed E-state index contributed by atoms with van der Waals surface area (Å²) in [6.07, 6.45) is 0. The van der Waals surface area contributed by atoms with Crippen LogP contribution in [0.25, 0.3) is 5.70 Å². The lowest BCUT2D eigenvalue weighted by molar-refractivity contribution is 0.415. The Bertz CT molecular complexity index is 639. The van der Waals surface area contributed by atoms with Crippen LogP contribution in [0, 0.1) is 5.82 Å². The average Bonchev–Trinajstić information content (AvgIpc) is 2.76. The molecule has 3 rings (SSSR count). The highest BCUT2D eigenvalue weighted by molar-refractivity contribution is 8.01. The minimum Gasteiger partial charge on any atom is -0.497 e. The summed E-state index contributed by atoms with van der Waals surface area (Å²) in [4.78, 5) is 1.02. The van der Waals surface area contributed by atoms with E-state index in [1.54, 1.807) is 25.1 Å². The van der Waals surface area contributed by atoms with E-state index in [4.69, 9.17) is 4.74 Å². The summed E-state index contributed by atoms with van der Waals surface area (Å²) in [7, 11) is 1.64. The number of benzene rings is 2. The lowest BCUT2D eigenvalue weighted by Crippen LogP contribution is -2.05. The zero-order chi connectivity index (χ0) is 13.4. The third-order valence-corrected chi connectivity index (χ3v) is 4.16. The smallest absolute Gasteiger partial charge is 0.123 e. The summed E-state index contributed by atoms with van der Waals surface area (Å²) in [5.41, 5.74) is 2.64. The first-order valence-corrected chi connectivity index (χ1v) is 6.57. The zero-order valence-electron chi connectivity index (χ0n) is 10.4. The van der Waals surface area contributed by atoms with Crippen LogP contribution in [-0.2, 0) is 0 Å². The molecule has 0 fully saturated rings. The number of fused-ring (bicyclic) bond motifs is 1. The summed E-state index contributed by atoms with van der Waals surface area (Å²) in [6, 6.07) is 12.5. The van der Waals surface area contributed by atoms with Crippen molar-refractivity contribution in [2.45, 2.75) is 4.90 Å². The van der Waals surface area contributed by atoms with Crippen molar-refractivity contribution in [3.8, 4) is 5.75 Å². The van der Waals surface area contributed by atoms with Crippen LogP contribution in [0.2, 0.25) is 0 Å². The van der Waals surface area contributed by atoms with Crippen LogP contribution in [0.5, 0.6) is 5.75 Å². The van der Waals surface area contributed by atoms with Crippen LogP contribution < -0.4 is 9.04 Å². The molecule has 2 aromatic carbocycles. The standard InChI is InChI=1S/C15H12FNOS/c1-10-14-9-11(16)3-8-15(14)19-17(10)12-4-6-13(18-2)7-5-12/h3-9H,1H2,2H3. The largest absolute Gasteiger partial charge is 0.497 e. The normalized spacial score (nSPS) is 13.6. The Hall–Kier alpha value is -1.94. The minimum atomic E-state index is -0.239. The zero-order valence-corrected chi connectivity index (χ0v) is 11.2. The van der Waals surface area contributed by atoms with Crippen molar-refractivity contribution in [2.24, 2.45) is 0 Å². The first kappa shape index (κ1) is 12.1. The van der Waals surface area contributed by atoms with Gasteiger partial charge in [-0.25, -0.2) is 4.39 Å². The molecule has 0 saturated heterocycles. The minimum absolute atomic E-state index is 0.239. The predicted octanol–water partition coefficient (Wildman–Crippen LogP) is 4.33. The topological polar surface area (TPSA) is 12.5 Å². The Morgan fingerprint density at radius 1 is 1.16 bits per heavy atom. The van der Waals surface area contributed by atoms with E-state index in [9.17, 15) is 4.39 Å². The molecule has 0 spiro atoms. The number of halogens is 1. The molecule has 19 heavy (non-hydrogen) atoms. The fraction of sp³-hybridized carbons (Fsp3) is 0.0667. The second kappa shape index (κ2) is 4.63. The molecule has 1 aliphatic heterocycles. The fourth-order valence-electron chi connectivity index (χ4n) is 2.00. The van der Waals surface area contributed by atoms with E-state index in [1.165, 1.54) is 12.1 Å². The molecule has 0 radical (unpaired) electrons. The van der Waals surface area contributed by atoms with Gasteiger partial charge in [0.25, 0.3) is 0 Å². The third-order valence-electron chi connectivity index (χ3n) is 2.99. The average molecular weight is 273 g/mol. The molecule has 1 aliphatic rings. The SMILES string of the molecule is C=C1c2cc(F)ccc2SN1c1ccc(OC)cc1. The molecule has 0 aromatic heterocycles. The highest BCUT2D eigenvalue weighted by Gasteiger charge is 2.25. The molecule has 2 nitrogen and oxygen atoms in total. The lowest BCUT2D eigenvalue weighted by Gasteiger charge is -2.17. The Morgan fingerprint density at radius 3 is 2.58 bits per heavy atom. The van der Waals surface area contributed by atoms with Gasteiger partial charge in [0.2, 0.25) is 0 Å². The van der Waals surface area contributed by atoms with Gasteiger partial charge in [-0.05, 0) is 54.4 Å². The van der Waals surface area contributed by atoms with Gasteiger partial charge >= 0.3 is 0 Å². The number of rotatable bonds is 2. The van der Waals surface area contributed by atoms with E-state index >= 15 is 0 Å². The molecule has 0 N–H and O–H groups in total. The Kier molecular flexibility index (Phi) is 2.95. The number of anilines is 1. The van der Waals surface area contributed by atoms with Crippen molar-refractivity contribution in [1.29, 1.82) is 0 Å². The number of methoxy groups -OCH3 is 1. The van der Waals surface area contributed by atoms with Gasteiger partial charge in [-0.2, -0.15) is 0 Å². The highest BCUT2D eigenvalue weighted by atomic mass is 32.2. The quantitative estimate of drug-likeness (QED) is 0.756. The molecule has 0 amide bonds. The lowest BCUT2D eigenvalue weighted by atomic mass is 10.1. The molecule has 2 aromatic rings. The van der Waals surface area contributed by atoms with E-state index in [2.05, 4.69) is 6.58 Å². The number of nitrogens with zero attached hydrogens (tertiary/aromatic N) is 1. The van der Waals surface area contributed by atoms with Crippen molar-refractivity contribution >= 4 is 23.3 Å². The molecule has 4 heteroatoms. The first-order chi connectivity index (χ1) is 9.19. The van der Waals surface area contributed by atoms with Gasteiger partial charge in [0.15, 0.2) is 0 Å². The maximum Gasteiger partial charge on any atom is 0.123 e. The van der Waals surface area contributed by atoms with E-state index in [0.717, 1.165) is 27.6 Å². The van der Waals surface area contributed by atoms with Crippen LogP contribution in [0.3, 0.4) is 0 Å². The van der Waals surface area contributed by atoms with E-state index < -0.39 is 0 Å². The van der Waals surface area contributed by atoms with Gasteiger partial charge < -0.3 is 4.74 Å². The van der Waals surface area contributed by atoms with Gasteiger partial charge in [0.1, 0.15) is 11.6 Å². The summed E-state index contributed by atoms with van der Waals surface area (Å²) in [5, 5.41) is 0. The fourth-order valence-corrected chi connectivity index (χ4v) is 3.03. The summed E-state index contributed by atoms with van der Waals surface area (Å²) in [5.74, 6) is 0.569. The van der Waals surface area contributed by atoms with Crippen molar-refractivity contribution in [1.82, 2.24) is 0 Å². The third kappa shape index (κ3) is 2.08. The molecule has 0 saturated carbocycles. The monoisotopic (exact) mass is 273 g/mol. The molecule has 0 atom stereocenters. The van der Waals surface area contributed by atoms with Gasteiger partial charge in [0.05, 0.1) is 18.5 Å². The Balaban J connectivity index is 1.94. The van der Waals surface area contributed by atoms with Crippen molar-refractivity contribution in [3.63, 3.8) is 0 Å². The maximum atomic E-state index is 13.3. The second-order valence-electron chi connectivity index (χ2n) is 4.17. The van der Waals surface area contributed by atoms with Crippen LogP contribution in [-0.4, -0.2) is 7.11 Å². The molecular weight excluding hydrogens is 261 g/mol. The molecule has 1 heterocycles. The van der Waals surface area contributed by atoms with E-state index in [1.807, 2.05) is 28.6 Å². The highest BCUT2D eigenvalue weighted by Crippen LogP contribution is 2.45. The van der Waals surface area contributed by atoms with Crippen molar-refractivity contribution in [2.75, 3.05) is 11.4 Å². The van der Waals surface area contributed by atoms with Crippen LogP contribution >= 0.6 is 11.9 Å². The van der Waals surface area contributed by atoms with Crippen LogP contribution in [0.4, 0.5) is 10.1 Å². The molecule has 0 aliphatic carbocycles. The van der Waals surface area contributed by atoms with Gasteiger partial charge in [-0.15, -0.1) is 0 Å². The number of ether oxygens (including phenoxy) is 1. The molecule has 96 valence electrons. The summed E-state index contributed by atoms with van der Waals surface area (Å²) >= 11 is 1.55. The van der Waals surface area contributed by atoms with E-state index in [-0.39, 0.29) is 5.82 Å². The van der Waals surface area contributed by atoms with E-state index in [0.29, 0.717) is 0 Å². The molecule has 0 unspecified atom stereocenters. The maximum absolute atomic E-state index is 13.3. The summed E-state index contributed by atoms with van der Waals surface area (Å²) < 4.78 is 20.4. The second-order valence-corrected chi connectivity index (χ2v) is 5.16. The van der Waals surface area contributed by atoms with Crippen molar-refractivity contribution < 1.29 is 9.13 Å². The summed E-state index contributed by atoms with van der Waals surface area (Å²) in [6.45, 7) is 4.04. The van der Waals surface area contributed by atoms with Crippen LogP contribution in [0.1, 0.15) is 5.56 Å². The van der Waals surface area contributed by atoms with Gasteiger partial charge in [0, 0.05) is 10.5 Å². The Morgan fingerprint density at radius 2 is 1.89 bits per heavy atom. The predicted molar refractivity (Wildman–Crippen MR) is 76.8 cm³/mol.